The first-order valence-corrected chi connectivity index (χ1v) is 7.65. The number of hydrogen-bond donors (Lipinski definition) is 1. The topological polar surface area (TPSA) is 49.8 Å². The van der Waals surface area contributed by atoms with Gasteiger partial charge in [-0.15, -0.1) is 0 Å². The Hall–Kier alpha value is -1.55. The average Bonchev–Trinajstić information content (AvgIpc) is 2.60. The third-order valence-corrected chi connectivity index (χ3v) is 4.19. The fourth-order valence-corrected chi connectivity index (χ4v) is 2.71. The highest BCUT2D eigenvalue weighted by Crippen LogP contribution is 2.29. The van der Waals surface area contributed by atoms with Crippen molar-refractivity contribution in [2.75, 3.05) is 26.2 Å². The molecule has 1 aliphatic heterocycles. The molecule has 0 saturated carbocycles. The van der Waals surface area contributed by atoms with E-state index in [0.717, 1.165) is 19.6 Å². The predicted molar refractivity (Wildman–Crippen MR) is 83.0 cm³/mol. The Morgan fingerprint density at radius 3 is 2.90 bits per heavy atom. The van der Waals surface area contributed by atoms with Crippen molar-refractivity contribution in [2.24, 2.45) is 5.41 Å². The van der Waals surface area contributed by atoms with E-state index in [1.165, 1.54) is 19.3 Å². The number of rotatable bonds is 5. The van der Waals surface area contributed by atoms with Crippen LogP contribution in [0.3, 0.4) is 0 Å². The smallest absolute Gasteiger partial charge is 0.335 e. The van der Waals surface area contributed by atoms with Crippen LogP contribution in [-0.2, 0) is 0 Å². The molecule has 0 aliphatic carbocycles. The van der Waals surface area contributed by atoms with Crippen LogP contribution in [0, 0.1) is 5.41 Å². The predicted octanol–water partition coefficient (Wildman–Crippen LogP) is 3.28. The Bertz CT molecular complexity index is 485. The number of carboxylic acids is 1. The molecule has 116 valence electrons. The van der Waals surface area contributed by atoms with Gasteiger partial charge in [0.15, 0.2) is 0 Å². The lowest BCUT2D eigenvalue weighted by atomic mass is 9.85. The summed E-state index contributed by atoms with van der Waals surface area (Å²) in [6, 6.07) is 6.67. The van der Waals surface area contributed by atoms with E-state index in [1.807, 2.05) is 0 Å². The molecule has 1 N–H and O–H groups in total. The van der Waals surface area contributed by atoms with E-state index in [4.69, 9.17) is 9.84 Å². The Morgan fingerprint density at radius 2 is 2.14 bits per heavy atom. The SMILES string of the molecule is CC1(C)CCCN(CCOc2cccc(C(=O)O)c2)CC1. The van der Waals surface area contributed by atoms with Gasteiger partial charge in [-0.25, -0.2) is 4.79 Å². The molecule has 1 fully saturated rings. The summed E-state index contributed by atoms with van der Waals surface area (Å²) in [6.45, 7) is 8.42. The second-order valence-electron chi connectivity index (χ2n) is 6.54. The minimum atomic E-state index is -0.921. The fourth-order valence-electron chi connectivity index (χ4n) is 2.71. The van der Waals surface area contributed by atoms with Gasteiger partial charge in [0.05, 0.1) is 5.56 Å². The first-order valence-electron chi connectivity index (χ1n) is 7.65. The molecule has 1 heterocycles. The van der Waals surface area contributed by atoms with Gasteiger partial charge in [-0.2, -0.15) is 0 Å². The third kappa shape index (κ3) is 5.05. The highest BCUT2D eigenvalue weighted by Gasteiger charge is 2.22. The van der Waals surface area contributed by atoms with Crippen molar-refractivity contribution in [3.63, 3.8) is 0 Å². The van der Waals surface area contributed by atoms with Crippen LogP contribution in [0.25, 0.3) is 0 Å². The zero-order chi connectivity index (χ0) is 15.3. The summed E-state index contributed by atoms with van der Waals surface area (Å²) in [5.41, 5.74) is 0.717. The fraction of sp³-hybridized carbons (Fsp3) is 0.588. The summed E-state index contributed by atoms with van der Waals surface area (Å²) in [5.74, 6) is -0.291. The Labute approximate surface area is 126 Å². The first kappa shape index (κ1) is 15.8. The average molecular weight is 291 g/mol. The number of nitrogens with zero attached hydrogens (tertiary/aromatic N) is 1. The van der Waals surface area contributed by atoms with Gasteiger partial charge < -0.3 is 9.84 Å². The summed E-state index contributed by atoms with van der Waals surface area (Å²) in [5, 5.41) is 8.96. The largest absolute Gasteiger partial charge is 0.492 e. The summed E-state index contributed by atoms with van der Waals surface area (Å²) in [6.07, 6.45) is 3.74. The number of benzene rings is 1. The molecule has 1 saturated heterocycles. The van der Waals surface area contributed by atoms with Gasteiger partial charge in [0.1, 0.15) is 12.4 Å². The van der Waals surface area contributed by atoms with Crippen molar-refractivity contribution >= 4 is 5.97 Å². The van der Waals surface area contributed by atoms with E-state index in [2.05, 4.69) is 18.7 Å². The van der Waals surface area contributed by atoms with Crippen LogP contribution in [0.2, 0.25) is 0 Å². The molecule has 21 heavy (non-hydrogen) atoms. The van der Waals surface area contributed by atoms with Gasteiger partial charge in [0, 0.05) is 6.54 Å². The molecule has 1 aromatic rings. The molecule has 2 rings (SSSR count). The first-order chi connectivity index (χ1) is 9.96. The lowest BCUT2D eigenvalue weighted by Crippen LogP contribution is -2.30. The van der Waals surface area contributed by atoms with E-state index in [-0.39, 0.29) is 5.56 Å². The second-order valence-corrected chi connectivity index (χ2v) is 6.54. The van der Waals surface area contributed by atoms with Gasteiger partial charge >= 0.3 is 5.97 Å². The number of carbonyl (C=O) groups is 1. The third-order valence-electron chi connectivity index (χ3n) is 4.19. The van der Waals surface area contributed by atoms with Crippen molar-refractivity contribution < 1.29 is 14.6 Å². The number of aromatic carboxylic acids is 1. The lowest BCUT2D eigenvalue weighted by molar-refractivity contribution is 0.0696. The van der Waals surface area contributed by atoms with Crippen molar-refractivity contribution in [2.45, 2.75) is 33.1 Å². The zero-order valence-electron chi connectivity index (χ0n) is 13.0. The molecule has 0 amide bonds. The molecule has 4 heteroatoms. The molecule has 0 bridgehead atoms. The molecule has 0 atom stereocenters. The van der Waals surface area contributed by atoms with Gasteiger partial charge in [-0.05, 0) is 56.0 Å². The van der Waals surface area contributed by atoms with Crippen molar-refractivity contribution in [1.29, 1.82) is 0 Å². The molecule has 0 spiro atoms. The number of hydrogen-bond acceptors (Lipinski definition) is 3. The lowest BCUT2D eigenvalue weighted by Gasteiger charge is -2.23. The minimum absolute atomic E-state index is 0.268. The molecule has 4 nitrogen and oxygen atoms in total. The van der Waals surface area contributed by atoms with Crippen molar-refractivity contribution in [1.82, 2.24) is 4.90 Å². The van der Waals surface area contributed by atoms with Crippen LogP contribution < -0.4 is 4.74 Å². The van der Waals surface area contributed by atoms with Crippen LogP contribution in [-0.4, -0.2) is 42.2 Å². The minimum Gasteiger partial charge on any atom is -0.492 e. The van der Waals surface area contributed by atoms with Crippen LogP contribution in [0.15, 0.2) is 24.3 Å². The molecular formula is C17H25NO3. The van der Waals surface area contributed by atoms with Crippen LogP contribution >= 0.6 is 0 Å². The van der Waals surface area contributed by atoms with Gasteiger partial charge in [-0.3, -0.25) is 4.90 Å². The molecule has 0 aromatic heterocycles. The van der Waals surface area contributed by atoms with Crippen LogP contribution in [0.4, 0.5) is 0 Å². The number of ether oxygens (including phenoxy) is 1. The van der Waals surface area contributed by atoms with E-state index in [9.17, 15) is 4.79 Å². The van der Waals surface area contributed by atoms with E-state index < -0.39 is 5.97 Å². The number of likely N-dealkylation sites (tertiary alicyclic amines) is 1. The van der Waals surface area contributed by atoms with Gasteiger partial charge in [0.25, 0.3) is 0 Å². The Morgan fingerprint density at radius 1 is 1.33 bits per heavy atom. The summed E-state index contributed by atoms with van der Waals surface area (Å²) in [4.78, 5) is 13.3. The summed E-state index contributed by atoms with van der Waals surface area (Å²) < 4.78 is 5.69. The summed E-state index contributed by atoms with van der Waals surface area (Å²) in [7, 11) is 0. The highest BCUT2D eigenvalue weighted by atomic mass is 16.5. The Balaban J connectivity index is 1.79. The monoisotopic (exact) mass is 291 g/mol. The van der Waals surface area contributed by atoms with E-state index >= 15 is 0 Å². The maximum Gasteiger partial charge on any atom is 0.335 e. The molecule has 0 radical (unpaired) electrons. The molecule has 1 aliphatic rings. The molecular weight excluding hydrogens is 266 g/mol. The van der Waals surface area contributed by atoms with Gasteiger partial charge in [-0.1, -0.05) is 19.9 Å². The van der Waals surface area contributed by atoms with Gasteiger partial charge in [0.2, 0.25) is 0 Å². The van der Waals surface area contributed by atoms with Crippen molar-refractivity contribution in [3.05, 3.63) is 29.8 Å². The standard InChI is InChI=1S/C17H25NO3/c1-17(2)7-4-9-18(10-8-17)11-12-21-15-6-3-5-14(13-15)16(19)20/h3,5-6,13H,4,7-12H2,1-2H3,(H,19,20). The van der Waals surface area contributed by atoms with Crippen LogP contribution in [0.5, 0.6) is 5.75 Å². The highest BCUT2D eigenvalue weighted by molar-refractivity contribution is 5.87. The Kier molecular flexibility index (Phi) is 5.23. The summed E-state index contributed by atoms with van der Waals surface area (Å²) >= 11 is 0. The van der Waals surface area contributed by atoms with E-state index in [0.29, 0.717) is 17.8 Å². The maximum atomic E-state index is 10.9. The second kappa shape index (κ2) is 6.94. The maximum absolute atomic E-state index is 10.9. The molecule has 0 unspecified atom stereocenters. The quantitative estimate of drug-likeness (QED) is 0.904. The molecule has 1 aromatic carbocycles. The van der Waals surface area contributed by atoms with E-state index in [1.54, 1.807) is 24.3 Å². The number of carboxylic acid groups (broad SMARTS) is 1. The normalized spacial score (nSPS) is 19.0. The zero-order valence-corrected chi connectivity index (χ0v) is 13.0. The van der Waals surface area contributed by atoms with Crippen LogP contribution in [0.1, 0.15) is 43.5 Å². The van der Waals surface area contributed by atoms with Crippen molar-refractivity contribution in [3.8, 4) is 5.75 Å².